The molecule has 0 aliphatic carbocycles. The Morgan fingerprint density at radius 1 is 1.12 bits per heavy atom. The van der Waals surface area contributed by atoms with E-state index in [-0.39, 0.29) is 5.91 Å². The summed E-state index contributed by atoms with van der Waals surface area (Å²) in [6, 6.07) is 12.2. The second-order valence-electron chi connectivity index (χ2n) is 8.47. The van der Waals surface area contributed by atoms with Crippen LogP contribution in [0.4, 0.5) is 0 Å². The Kier molecular flexibility index (Phi) is 5.86. The third-order valence-electron chi connectivity index (χ3n) is 6.10. The van der Waals surface area contributed by atoms with Crippen molar-refractivity contribution in [3.8, 4) is 5.82 Å². The lowest BCUT2D eigenvalue weighted by Crippen LogP contribution is -2.47. The zero-order chi connectivity index (χ0) is 22.9. The normalized spacial score (nSPS) is 15.2. The number of hydrogen-bond acceptors (Lipinski definition) is 6. The minimum absolute atomic E-state index is 0.0525. The van der Waals surface area contributed by atoms with Gasteiger partial charge in [0.2, 0.25) is 5.91 Å². The lowest BCUT2D eigenvalue weighted by atomic mass is 10.2. The Morgan fingerprint density at radius 2 is 1.91 bits per heavy atom. The maximum absolute atomic E-state index is 12.8. The Hall–Kier alpha value is -3.23. The lowest BCUT2D eigenvalue weighted by Gasteiger charge is -2.33. The number of carbonyl (C=O) groups excluding carboxylic acids is 1. The molecule has 0 unspecified atom stereocenters. The van der Waals surface area contributed by atoms with E-state index in [1.807, 2.05) is 48.4 Å². The van der Waals surface area contributed by atoms with Crippen LogP contribution in [0.1, 0.15) is 27.7 Å². The summed E-state index contributed by atoms with van der Waals surface area (Å²) in [5.74, 6) is 1.58. The quantitative estimate of drug-likeness (QED) is 0.413. The average Bonchev–Trinajstić information content (AvgIpc) is 3.49. The van der Waals surface area contributed by atoms with Crippen molar-refractivity contribution in [2.45, 2.75) is 27.3 Å². The molecular weight excluding hydrogens is 434 g/mol. The van der Waals surface area contributed by atoms with Gasteiger partial charge in [-0.15, -0.1) is 11.3 Å². The summed E-state index contributed by atoms with van der Waals surface area (Å²) in [5, 5.41) is 5.25. The maximum Gasteiger partial charge on any atom is 0.246 e. The lowest BCUT2D eigenvalue weighted by molar-refractivity contribution is -0.127. The predicted octanol–water partition coefficient (Wildman–Crippen LogP) is 4.36. The van der Waals surface area contributed by atoms with E-state index >= 15 is 0 Å². The molecule has 1 fully saturated rings. The van der Waals surface area contributed by atoms with E-state index in [0.29, 0.717) is 0 Å². The fourth-order valence-corrected chi connectivity index (χ4v) is 5.35. The molecule has 4 heterocycles. The number of rotatable bonds is 5. The van der Waals surface area contributed by atoms with E-state index in [2.05, 4.69) is 34.3 Å². The van der Waals surface area contributed by atoms with Gasteiger partial charge in [0.1, 0.15) is 10.8 Å². The number of aromatic nitrogens is 3. The molecule has 1 aliphatic rings. The van der Waals surface area contributed by atoms with Crippen molar-refractivity contribution in [1.82, 2.24) is 24.5 Å². The van der Waals surface area contributed by atoms with E-state index < -0.39 is 0 Å². The van der Waals surface area contributed by atoms with Crippen LogP contribution >= 0.6 is 11.3 Å². The van der Waals surface area contributed by atoms with E-state index in [9.17, 15) is 4.79 Å². The van der Waals surface area contributed by atoms with E-state index in [1.165, 1.54) is 4.70 Å². The molecule has 0 atom stereocenters. The summed E-state index contributed by atoms with van der Waals surface area (Å²) in [7, 11) is 0. The zero-order valence-electron chi connectivity index (χ0n) is 19.1. The van der Waals surface area contributed by atoms with Crippen molar-refractivity contribution in [2.75, 3.05) is 26.2 Å². The minimum atomic E-state index is 0.0525. The number of amides is 1. The van der Waals surface area contributed by atoms with Crippen LogP contribution in [0, 0.1) is 20.8 Å². The van der Waals surface area contributed by atoms with Gasteiger partial charge in [0.05, 0.1) is 16.8 Å². The Balaban J connectivity index is 1.19. The van der Waals surface area contributed by atoms with Crippen LogP contribution in [-0.4, -0.2) is 56.6 Å². The summed E-state index contributed by atoms with van der Waals surface area (Å²) in [4.78, 5) is 21.8. The summed E-state index contributed by atoms with van der Waals surface area (Å²) in [6.07, 6.45) is 3.59. The first-order chi connectivity index (χ1) is 16.0. The minimum Gasteiger partial charge on any atom is -0.360 e. The SMILES string of the molecule is Cc1cc(-n2c(C)cc(/C=C/C(=O)N3CCN(Cc4nc5ccccc5s4)CC3)c2C)no1. The number of benzene rings is 1. The van der Waals surface area contributed by atoms with Crippen LogP contribution in [0.15, 0.2) is 47.0 Å². The first-order valence-electron chi connectivity index (χ1n) is 11.1. The number of hydrogen-bond donors (Lipinski definition) is 0. The van der Waals surface area contributed by atoms with E-state index in [0.717, 1.165) is 71.8 Å². The van der Waals surface area contributed by atoms with E-state index in [4.69, 9.17) is 9.51 Å². The van der Waals surface area contributed by atoms with Crippen LogP contribution < -0.4 is 0 Å². The van der Waals surface area contributed by atoms with Crippen molar-refractivity contribution in [3.05, 3.63) is 70.2 Å². The summed E-state index contributed by atoms with van der Waals surface area (Å²) in [6.45, 7) is 9.94. The molecule has 0 N–H and O–H groups in total. The fraction of sp³-hybridized carbons (Fsp3) is 0.320. The summed E-state index contributed by atoms with van der Waals surface area (Å²) < 4.78 is 8.49. The molecule has 170 valence electrons. The highest BCUT2D eigenvalue weighted by Crippen LogP contribution is 2.24. The van der Waals surface area contributed by atoms with Crippen LogP contribution in [0.5, 0.6) is 0 Å². The molecule has 0 radical (unpaired) electrons. The molecule has 1 aliphatic heterocycles. The Bertz CT molecular complexity index is 1290. The molecule has 8 heteroatoms. The molecule has 33 heavy (non-hydrogen) atoms. The van der Waals surface area contributed by atoms with Gasteiger partial charge in [-0.05, 0) is 50.6 Å². The molecule has 1 saturated heterocycles. The molecule has 3 aromatic heterocycles. The van der Waals surface area contributed by atoms with Gasteiger partial charge in [-0.1, -0.05) is 17.3 Å². The predicted molar refractivity (Wildman–Crippen MR) is 131 cm³/mol. The second-order valence-corrected chi connectivity index (χ2v) is 9.58. The van der Waals surface area contributed by atoms with Gasteiger partial charge in [-0.25, -0.2) is 4.98 Å². The Labute approximate surface area is 196 Å². The van der Waals surface area contributed by atoms with Gasteiger partial charge in [0, 0.05) is 49.7 Å². The van der Waals surface area contributed by atoms with E-state index in [1.54, 1.807) is 17.4 Å². The molecule has 0 saturated carbocycles. The fourth-order valence-electron chi connectivity index (χ4n) is 4.34. The maximum atomic E-state index is 12.8. The molecule has 0 bridgehead atoms. The number of piperazine rings is 1. The smallest absolute Gasteiger partial charge is 0.246 e. The monoisotopic (exact) mass is 461 g/mol. The van der Waals surface area contributed by atoms with Crippen molar-refractivity contribution in [2.24, 2.45) is 0 Å². The van der Waals surface area contributed by atoms with Gasteiger partial charge >= 0.3 is 0 Å². The van der Waals surface area contributed by atoms with Crippen molar-refractivity contribution < 1.29 is 9.32 Å². The van der Waals surface area contributed by atoms with Crippen molar-refractivity contribution in [3.63, 3.8) is 0 Å². The first kappa shape index (κ1) is 21.6. The largest absolute Gasteiger partial charge is 0.360 e. The van der Waals surface area contributed by atoms with Crippen molar-refractivity contribution in [1.29, 1.82) is 0 Å². The van der Waals surface area contributed by atoms with Crippen LogP contribution in [-0.2, 0) is 11.3 Å². The second kappa shape index (κ2) is 8.96. The van der Waals surface area contributed by atoms with Crippen LogP contribution in [0.3, 0.4) is 0 Å². The molecule has 5 rings (SSSR count). The summed E-state index contributed by atoms with van der Waals surface area (Å²) in [5.41, 5.74) is 4.16. The number of para-hydroxylation sites is 1. The van der Waals surface area contributed by atoms with Crippen LogP contribution in [0.2, 0.25) is 0 Å². The number of carbonyl (C=O) groups is 1. The third-order valence-corrected chi connectivity index (χ3v) is 7.12. The number of nitrogens with zero attached hydrogens (tertiary/aromatic N) is 5. The van der Waals surface area contributed by atoms with Gasteiger partial charge in [0.25, 0.3) is 0 Å². The Morgan fingerprint density at radius 3 is 2.64 bits per heavy atom. The highest BCUT2D eigenvalue weighted by Gasteiger charge is 2.21. The topological polar surface area (TPSA) is 67.4 Å². The first-order valence-corrected chi connectivity index (χ1v) is 12.0. The molecule has 7 nitrogen and oxygen atoms in total. The highest BCUT2D eigenvalue weighted by atomic mass is 32.1. The highest BCUT2D eigenvalue weighted by molar-refractivity contribution is 7.18. The number of fused-ring (bicyclic) bond motifs is 1. The number of aryl methyl sites for hydroxylation is 2. The molecule has 4 aromatic rings. The molecule has 0 spiro atoms. The van der Waals surface area contributed by atoms with Gasteiger partial charge in [-0.2, -0.15) is 0 Å². The molecule has 1 amide bonds. The third kappa shape index (κ3) is 4.49. The van der Waals surface area contributed by atoms with Gasteiger partial charge in [0.15, 0.2) is 5.82 Å². The van der Waals surface area contributed by atoms with Crippen LogP contribution in [0.25, 0.3) is 22.1 Å². The molecule has 1 aromatic carbocycles. The summed E-state index contributed by atoms with van der Waals surface area (Å²) >= 11 is 1.75. The zero-order valence-corrected chi connectivity index (χ0v) is 19.9. The number of thiazole rings is 1. The standard InChI is InChI=1S/C25H27N5O2S/c1-17-14-20(19(3)30(17)23-15-18(2)32-27-23)8-9-25(31)29-12-10-28(11-13-29)16-24-26-21-6-4-5-7-22(21)33-24/h4-9,14-15H,10-13,16H2,1-3H3/b9-8+. The van der Waals surface area contributed by atoms with Crippen molar-refractivity contribution >= 4 is 33.5 Å². The average molecular weight is 462 g/mol. The van der Waals surface area contributed by atoms with Gasteiger partial charge in [-0.3, -0.25) is 14.3 Å². The molecular formula is C25H27N5O2S. The van der Waals surface area contributed by atoms with Gasteiger partial charge < -0.3 is 9.42 Å².